The summed E-state index contributed by atoms with van der Waals surface area (Å²) in [5.74, 6) is -0.262. The van der Waals surface area contributed by atoms with Crippen molar-refractivity contribution in [3.63, 3.8) is 0 Å². The van der Waals surface area contributed by atoms with Gasteiger partial charge in [-0.1, -0.05) is 35.9 Å². The molecule has 0 aliphatic heterocycles. The van der Waals surface area contributed by atoms with Crippen LogP contribution in [0.5, 0.6) is 0 Å². The van der Waals surface area contributed by atoms with Gasteiger partial charge in [0.2, 0.25) is 0 Å². The van der Waals surface area contributed by atoms with Gasteiger partial charge in [-0.3, -0.25) is 4.79 Å². The minimum atomic E-state index is -0.262. The molecule has 80 valence electrons. The molecule has 0 fully saturated rings. The van der Waals surface area contributed by atoms with Gasteiger partial charge in [0.15, 0.2) is 0 Å². The molecule has 1 aromatic carbocycles. The molecule has 15 heavy (non-hydrogen) atoms. The highest BCUT2D eigenvalue weighted by Crippen LogP contribution is 2.22. The first-order valence-electron chi connectivity index (χ1n) is 4.98. The van der Waals surface area contributed by atoms with Gasteiger partial charge in [0.1, 0.15) is 6.10 Å². The van der Waals surface area contributed by atoms with E-state index in [9.17, 15) is 4.79 Å². The number of benzene rings is 1. The van der Waals surface area contributed by atoms with E-state index in [2.05, 4.69) is 6.58 Å². The molecule has 0 saturated carbocycles. The van der Waals surface area contributed by atoms with Gasteiger partial charge in [0, 0.05) is 13.3 Å². The molecule has 0 saturated heterocycles. The van der Waals surface area contributed by atoms with Crippen LogP contribution in [0.2, 0.25) is 0 Å². The molecule has 2 nitrogen and oxygen atoms in total. The normalized spacial score (nSPS) is 11.9. The Morgan fingerprint density at radius 3 is 2.53 bits per heavy atom. The molecular formula is C13H16O2. The molecule has 0 amide bonds. The monoisotopic (exact) mass is 204 g/mol. The van der Waals surface area contributed by atoms with E-state index in [1.807, 2.05) is 31.2 Å². The Balaban J connectivity index is 2.83. The zero-order valence-corrected chi connectivity index (χ0v) is 9.19. The fraction of sp³-hybridized carbons (Fsp3) is 0.308. The van der Waals surface area contributed by atoms with Gasteiger partial charge in [-0.2, -0.15) is 0 Å². The molecule has 0 heterocycles. The van der Waals surface area contributed by atoms with Gasteiger partial charge in [0.25, 0.3) is 0 Å². The number of carbonyl (C=O) groups is 1. The summed E-state index contributed by atoms with van der Waals surface area (Å²) >= 11 is 0. The minimum absolute atomic E-state index is 0.208. The predicted molar refractivity (Wildman–Crippen MR) is 60.5 cm³/mol. The summed E-state index contributed by atoms with van der Waals surface area (Å²) in [4.78, 5) is 10.9. The standard InChI is InChI=1S/C13H16O2/c1-4-5-13(15-11(3)14)12-8-6-10(2)7-9-12/h4,6-9,13H,1,5H2,2-3H3/t13-/m0/s1. The SMILES string of the molecule is C=CC[C@H](OC(C)=O)c1ccc(C)cc1. The topological polar surface area (TPSA) is 26.3 Å². The quantitative estimate of drug-likeness (QED) is 0.556. The summed E-state index contributed by atoms with van der Waals surface area (Å²) in [6.07, 6.45) is 2.19. The third kappa shape index (κ3) is 3.58. The van der Waals surface area contributed by atoms with Crippen molar-refractivity contribution in [1.29, 1.82) is 0 Å². The molecule has 1 atom stereocenters. The Kier molecular flexibility index (Phi) is 4.10. The highest BCUT2D eigenvalue weighted by Gasteiger charge is 2.12. The zero-order chi connectivity index (χ0) is 11.3. The Bertz CT molecular complexity index is 338. The van der Waals surface area contributed by atoms with Crippen LogP contribution in [0.3, 0.4) is 0 Å². The fourth-order valence-electron chi connectivity index (χ4n) is 1.39. The van der Waals surface area contributed by atoms with Crippen LogP contribution in [0.15, 0.2) is 36.9 Å². The second kappa shape index (κ2) is 5.35. The maximum atomic E-state index is 10.9. The number of rotatable bonds is 4. The van der Waals surface area contributed by atoms with Gasteiger partial charge in [-0.25, -0.2) is 0 Å². The molecule has 1 aromatic rings. The molecule has 0 spiro atoms. The smallest absolute Gasteiger partial charge is 0.303 e. The Hall–Kier alpha value is -1.57. The molecule has 0 unspecified atom stereocenters. The van der Waals surface area contributed by atoms with E-state index >= 15 is 0 Å². The van der Waals surface area contributed by atoms with Crippen molar-refractivity contribution in [1.82, 2.24) is 0 Å². The summed E-state index contributed by atoms with van der Waals surface area (Å²) in [6.45, 7) is 7.11. The molecule has 0 aliphatic carbocycles. The van der Waals surface area contributed by atoms with Crippen LogP contribution in [0.1, 0.15) is 30.6 Å². The van der Waals surface area contributed by atoms with E-state index < -0.39 is 0 Å². The van der Waals surface area contributed by atoms with Crippen LogP contribution in [-0.2, 0) is 9.53 Å². The largest absolute Gasteiger partial charge is 0.457 e. The molecule has 0 aromatic heterocycles. The first-order valence-corrected chi connectivity index (χ1v) is 4.98. The van der Waals surface area contributed by atoms with E-state index in [0.717, 1.165) is 5.56 Å². The molecule has 0 N–H and O–H groups in total. The molecule has 0 aliphatic rings. The van der Waals surface area contributed by atoms with Gasteiger partial charge in [0.05, 0.1) is 0 Å². The van der Waals surface area contributed by atoms with E-state index in [1.165, 1.54) is 12.5 Å². The molecular weight excluding hydrogens is 188 g/mol. The second-order valence-electron chi connectivity index (χ2n) is 3.53. The number of aryl methyl sites for hydroxylation is 1. The van der Waals surface area contributed by atoms with Gasteiger partial charge < -0.3 is 4.74 Å². The van der Waals surface area contributed by atoms with Crippen LogP contribution in [0.25, 0.3) is 0 Å². The van der Waals surface area contributed by atoms with E-state index in [4.69, 9.17) is 4.74 Å². The van der Waals surface area contributed by atoms with Gasteiger partial charge >= 0.3 is 5.97 Å². The van der Waals surface area contributed by atoms with Crippen molar-refractivity contribution in [2.75, 3.05) is 0 Å². The lowest BCUT2D eigenvalue weighted by molar-refractivity contribution is -0.146. The van der Waals surface area contributed by atoms with Gasteiger partial charge in [-0.15, -0.1) is 6.58 Å². The summed E-state index contributed by atoms with van der Waals surface area (Å²) in [5, 5.41) is 0. The second-order valence-corrected chi connectivity index (χ2v) is 3.53. The third-order valence-corrected chi connectivity index (χ3v) is 2.14. The van der Waals surface area contributed by atoms with Gasteiger partial charge in [-0.05, 0) is 12.5 Å². The van der Waals surface area contributed by atoms with Crippen molar-refractivity contribution in [2.45, 2.75) is 26.4 Å². The summed E-state index contributed by atoms with van der Waals surface area (Å²) < 4.78 is 5.21. The zero-order valence-electron chi connectivity index (χ0n) is 9.19. The molecule has 0 bridgehead atoms. The van der Waals surface area contributed by atoms with Crippen LogP contribution in [-0.4, -0.2) is 5.97 Å². The molecule has 1 rings (SSSR count). The van der Waals surface area contributed by atoms with E-state index in [0.29, 0.717) is 6.42 Å². The summed E-state index contributed by atoms with van der Waals surface area (Å²) in [7, 11) is 0. The van der Waals surface area contributed by atoms with Crippen LogP contribution in [0.4, 0.5) is 0 Å². The van der Waals surface area contributed by atoms with Crippen molar-refractivity contribution >= 4 is 5.97 Å². The maximum Gasteiger partial charge on any atom is 0.303 e. The van der Waals surface area contributed by atoms with Crippen molar-refractivity contribution in [3.8, 4) is 0 Å². The highest BCUT2D eigenvalue weighted by atomic mass is 16.5. The number of hydrogen-bond acceptors (Lipinski definition) is 2. The first-order chi connectivity index (χ1) is 7.13. The third-order valence-electron chi connectivity index (χ3n) is 2.14. The first kappa shape index (κ1) is 11.5. The Labute approximate surface area is 90.6 Å². The maximum absolute atomic E-state index is 10.9. The number of hydrogen-bond donors (Lipinski definition) is 0. The van der Waals surface area contributed by atoms with Crippen LogP contribution in [0, 0.1) is 6.92 Å². The average Bonchev–Trinajstić information content (AvgIpc) is 2.17. The lowest BCUT2D eigenvalue weighted by Gasteiger charge is -2.15. The molecule has 2 heteroatoms. The minimum Gasteiger partial charge on any atom is -0.457 e. The lowest BCUT2D eigenvalue weighted by atomic mass is 10.0. The fourth-order valence-corrected chi connectivity index (χ4v) is 1.39. The Morgan fingerprint density at radius 1 is 1.47 bits per heavy atom. The number of esters is 1. The highest BCUT2D eigenvalue weighted by molar-refractivity contribution is 5.66. The van der Waals surface area contributed by atoms with Crippen molar-refractivity contribution in [2.24, 2.45) is 0 Å². The van der Waals surface area contributed by atoms with E-state index in [-0.39, 0.29) is 12.1 Å². The molecule has 0 radical (unpaired) electrons. The summed E-state index contributed by atoms with van der Waals surface area (Å²) in [5.41, 5.74) is 2.20. The van der Waals surface area contributed by atoms with Crippen molar-refractivity contribution in [3.05, 3.63) is 48.0 Å². The van der Waals surface area contributed by atoms with Crippen LogP contribution < -0.4 is 0 Å². The average molecular weight is 204 g/mol. The van der Waals surface area contributed by atoms with E-state index in [1.54, 1.807) is 6.08 Å². The lowest BCUT2D eigenvalue weighted by Crippen LogP contribution is -2.07. The number of carbonyl (C=O) groups excluding carboxylic acids is 1. The van der Waals surface area contributed by atoms with Crippen molar-refractivity contribution < 1.29 is 9.53 Å². The predicted octanol–water partition coefficient (Wildman–Crippen LogP) is 3.18. The number of ether oxygens (including phenoxy) is 1. The van der Waals surface area contributed by atoms with Crippen LogP contribution >= 0.6 is 0 Å². The Morgan fingerprint density at radius 2 is 2.07 bits per heavy atom. The summed E-state index contributed by atoms with van der Waals surface area (Å²) in [6, 6.07) is 7.97.